The molecule has 1 aromatic rings. The van der Waals surface area contributed by atoms with Crippen LogP contribution in [0.2, 0.25) is 5.02 Å². The number of benzene rings is 1. The predicted octanol–water partition coefficient (Wildman–Crippen LogP) is 3.20. The van der Waals surface area contributed by atoms with Gasteiger partial charge < -0.3 is 9.64 Å². The maximum absolute atomic E-state index is 12.0. The van der Waals surface area contributed by atoms with Crippen molar-refractivity contribution in [3.63, 3.8) is 0 Å². The van der Waals surface area contributed by atoms with Crippen molar-refractivity contribution in [2.45, 2.75) is 12.8 Å². The minimum Gasteiger partial charge on any atom is -0.484 e. The van der Waals surface area contributed by atoms with Gasteiger partial charge in [0.05, 0.1) is 0 Å². The van der Waals surface area contributed by atoms with E-state index in [9.17, 15) is 4.79 Å². The molecule has 0 N–H and O–H groups in total. The van der Waals surface area contributed by atoms with Crippen molar-refractivity contribution < 1.29 is 9.53 Å². The number of carbonyl (C=O) groups excluding carboxylic acids is 1. The van der Waals surface area contributed by atoms with Gasteiger partial charge in [-0.2, -0.15) is 0 Å². The highest BCUT2D eigenvalue weighted by molar-refractivity contribution is 6.30. The molecule has 0 aromatic heterocycles. The molecule has 1 unspecified atom stereocenters. The van der Waals surface area contributed by atoms with Crippen molar-refractivity contribution in [2.75, 3.05) is 25.6 Å². The Hall–Kier alpha value is -0.930. The Bertz CT molecular complexity index is 439. The number of halogens is 2. The number of rotatable bonds is 4. The zero-order valence-electron chi connectivity index (χ0n) is 10.6. The summed E-state index contributed by atoms with van der Waals surface area (Å²) < 4.78 is 5.46. The van der Waals surface area contributed by atoms with Crippen LogP contribution in [-0.4, -0.2) is 36.4 Å². The van der Waals surface area contributed by atoms with Crippen LogP contribution in [0.4, 0.5) is 0 Å². The number of nitrogens with zero attached hydrogens (tertiary/aromatic N) is 1. The molecule has 1 saturated heterocycles. The van der Waals surface area contributed by atoms with Gasteiger partial charge in [-0.15, -0.1) is 11.6 Å². The third kappa shape index (κ3) is 4.29. The van der Waals surface area contributed by atoms with Crippen LogP contribution in [-0.2, 0) is 4.79 Å². The number of carbonyl (C=O) groups is 1. The highest BCUT2D eigenvalue weighted by atomic mass is 35.5. The van der Waals surface area contributed by atoms with Crippen LogP contribution in [0.25, 0.3) is 0 Å². The fourth-order valence-corrected chi connectivity index (χ4v) is 2.64. The summed E-state index contributed by atoms with van der Waals surface area (Å²) in [5.41, 5.74) is 0. The molecule has 1 amide bonds. The molecule has 19 heavy (non-hydrogen) atoms. The quantitative estimate of drug-likeness (QED) is 0.799. The molecule has 1 atom stereocenters. The molecule has 0 spiro atoms. The average Bonchev–Trinajstić information content (AvgIpc) is 2.45. The molecular weight excluding hydrogens is 285 g/mol. The average molecular weight is 302 g/mol. The van der Waals surface area contributed by atoms with Gasteiger partial charge in [-0.3, -0.25) is 4.79 Å². The molecule has 0 saturated carbocycles. The summed E-state index contributed by atoms with van der Waals surface area (Å²) in [5, 5.41) is 0.602. The molecule has 1 fully saturated rings. The van der Waals surface area contributed by atoms with Gasteiger partial charge in [0.2, 0.25) is 0 Å². The first kappa shape index (κ1) is 14.5. The van der Waals surface area contributed by atoms with Gasteiger partial charge in [0.15, 0.2) is 6.61 Å². The van der Waals surface area contributed by atoms with Gasteiger partial charge >= 0.3 is 0 Å². The zero-order chi connectivity index (χ0) is 13.7. The maximum Gasteiger partial charge on any atom is 0.260 e. The summed E-state index contributed by atoms with van der Waals surface area (Å²) in [7, 11) is 0. The third-order valence-electron chi connectivity index (χ3n) is 3.25. The number of ether oxygens (including phenoxy) is 1. The van der Waals surface area contributed by atoms with Crippen LogP contribution in [0.5, 0.6) is 5.75 Å². The smallest absolute Gasteiger partial charge is 0.260 e. The number of piperidine rings is 1. The number of hydrogen-bond acceptors (Lipinski definition) is 2. The Morgan fingerprint density at radius 1 is 1.47 bits per heavy atom. The van der Waals surface area contributed by atoms with Gasteiger partial charge in [0.1, 0.15) is 5.75 Å². The third-order valence-corrected chi connectivity index (χ3v) is 3.92. The fraction of sp³-hybridized carbons (Fsp3) is 0.500. The lowest BCUT2D eigenvalue weighted by atomic mass is 10.0. The first-order chi connectivity index (χ1) is 9.19. The number of amides is 1. The first-order valence-electron chi connectivity index (χ1n) is 6.41. The van der Waals surface area contributed by atoms with Crippen molar-refractivity contribution >= 4 is 29.1 Å². The summed E-state index contributed by atoms with van der Waals surface area (Å²) in [6.45, 7) is 1.59. The van der Waals surface area contributed by atoms with E-state index < -0.39 is 0 Å². The van der Waals surface area contributed by atoms with E-state index in [2.05, 4.69) is 0 Å². The van der Waals surface area contributed by atoms with E-state index in [1.54, 1.807) is 24.3 Å². The SMILES string of the molecule is O=C(COc1cccc(Cl)c1)N1CCCC(CCl)C1. The molecule has 104 valence electrons. The monoisotopic (exact) mass is 301 g/mol. The lowest BCUT2D eigenvalue weighted by Gasteiger charge is -2.31. The van der Waals surface area contributed by atoms with Gasteiger partial charge in [-0.1, -0.05) is 17.7 Å². The molecule has 0 radical (unpaired) electrons. The lowest BCUT2D eigenvalue weighted by Crippen LogP contribution is -2.42. The second-order valence-corrected chi connectivity index (χ2v) is 5.49. The lowest BCUT2D eigenvalue weighted by molar-refractivity contribution is -0.135. The largest absolute Gasteiger partial charge is 0.484 e. The van der Waals surface area contributed by atoms with Crippen molar-refractivity contribution in [3.05, 3.63) is 29.3 Å². The van der Waals surface area contributed by atoms with E-state index in [1.807, 2.05) is 4.90 Å². The van der Waals surface area contributed by atoms with Gasteiger partial charge in [0, 0.05) is 24.0 Å². The summed E-state index contributed by atoms with van der Waals surface area (Å²) in [6.07, 6.45) is 2.11. The Morgan fingerprint density at radius 3 is 3.05 bits per heavy atom. The van der Waals surface area contributed by atoms with Crippen LogP contribution >= 0.6 is 23.2 Å². The van der Waals surface area contributed by atoms with Crippen LogP contribution in [0, 0.1) is 5.92 Å². The minimum atomic E-state index is 0.00907. The fourth-order valence-electron chi connectivity index (χ4n) is 2.21. The Balaban J connectivity index is 1.84. The second kappa shape index (κ2) is 7.01. The highest BCUT2D eigenvalue weighted by Gasteiger charge is 2.23. The number of likely N-dealkylation sites (tertiary alicyclic amines) is 1. The van der Waals surface area contributed by atoms with Crippen LogP contribution in [0.15, 0.2) is 24.3 Å². The second-order valence-electron chi connectivity index (χ2n) is 4.75. The van der Waals surface area contributed by atoms with Crippen LogP contribution in [0.3, 0.4) is 0 Å². The van der Waals surface area contributed by atoms with Crippen molar-refractivity contribution in [1.29, 1.82) is 0 Å². The number of alkyl halides is 1. The molecule has 3 nitrogen and oxygen atoms in total. The van der Waals surface area contributed by atoms with Gasteiger partial charge in [-0.25, -0.2) is 0 Å². The minimum absolute atomic E-state index is 0.00907. The van der Waals surface area contributed by atoms with Gasteiger partial charge in [-0.05, 0) is 37.0 Å². The van der Waals surface area contributed by atoms with Crippen molar-refractivity contribution in [2.24, 2.45) is 5.92 Å². The molecule has 1 aromatic carbocycles. The highest BCUT2D eigenvalue weighted by Crippen LogP contribution is 2.19. The summed E-state index contributed by atoms with van der Waals surface area (Å²) >= 11 is 11.7. The van der Waals surface area contributed by atoms with Crippen molar-refractivity contribution in [1.82, 2.24) is 4.90 Å². The molecule has 1 aliphatic rings. The van der Waals surface area contributed by atoms with E-state index in [-0.39, 0.29) is 12.5 Å². The molecule has 0 aliphatic carbocycles. The normalized spacial score (nSPS) is 19.3. The molecular formula is C14H17Cl2NO2. The van der Waals surface area contributed by atoms with Gasteiger partial charge in [0.25, 0.3) is 5.91 Å². The number of hydrogen-bond donors (Lipinski definition) is 0. The Labute approximate surface area is 123 Å². The van der Waals surface area contributed by atoms with E-state index in [4.69, 9.17) is 27.9 Å². The molecule has 1 heterocycles. The molecule has 1 aliphatic heterocycles. The van der Waals surface area contributed by atoms with E-state index in [0.29, 0.717) is 22.6 Å². The summed E-state index contributed by atoms with van der Waals surface area (Å²) in [4.78, 5) is 13.9. The van der Waals surface area contributed by atoms with E-state index >= 15 is 0 Å². The Kier molecular flexibility index (Phi) is 5.34. The topological polar surface area (TPSA) is 29.5 Å². The molecule has 2 rings (SSSR count). The van der Waals surface area contributed by atoms with E-state index in [0.717, 1.165) is 25.9 Å². The first-order valence-corrected chi connectivity index (χ1v) is 7.32. The van der Waals surface area contributed by atoms with E-state index in [1.165, 1.54) is 0 Å². The standard InChI is InChI=1S/C14H17Cl2NO2/c15-8-11-3-2-6-17(9-11)14(18)10-19-13-5-1-4-12(16)7-13/h1,4-5,7,11H,2-3,6,8-10H2. The summed E-state index contributed by atoms with van der Waals surface area (Å²) in [5.74, 6) is 1.64. The zero-order valence-corrected chi connectivity index (χ0v) is 12.2. The predicted molar refractivity (Wildman–Crippen MR) is 77.0 cm³/mol. The summed E-state index contributed by atoms with van der Waals surface area (Å²) in [6, 6.07) is 7.06. The molecule has 0 bridgehead atoms. The Morgan fingerprint density at radius 2 is 2.32 bits per heavy atom. The molecule has 5 heteroatoms. The van der Waals surface area contributed by atoms with Crippen molar-refractivity contribution in [3.8, 4) is 5.75 Å². The maximum atomic E-state index is 12.0. The van der Waals surface area contributed by atoms with Crippen LogP contribution < -0.4 is 4.74 Å². The van der Waals surface area contributed by atoms with Crippen LogP contribution in [0.1, 0.15) is 12.8 Å².